The molecule has 0 unspecified atom stereocenters. The van der Waals surface area contributed by atoms with Crippen molar-refractivity contribution < 1.29 is 4.79 Å². The molecular formula is C13H12N4O2. The number of nitrogens with one attached hydrogen (secondary N) is 1. The first-order valence-electron chi connectivity index (χ1n) is 5.61. The summed E-state index contributed by atoms with van der Waals surface area (Å²) in [4.78, 5) is 27.3. The molecule has 2 aromatic rings. The Hall–Kier alpha value is -2.76. The van der Waals surface area contributed by atoms with E-state index in [1.165, 1.54) is 29.2 Å². The summed E-state index contributed by atoms with van der Waals surface area (Å²) in [7, 11) is 1.66. The van der Waals surface area contributed by atoms with E-state index in [1.807, 2.05) is 0 Å². The van der Waals surface area contributed by atoms with Crippen LogP contribution in [0.2, 0.25) is 0 Å². The van der Waals surface area contributed by atoms with E-state index in [1.54, 1.807) is 31.6 Å². The van der Waals surface area contributed by atoms with Crippen molar-refractivity contribution >= 4 is 5.78 Å². The predicted molar refractivity (Wildman–Crippen MR) is 70.2 cm³/mol. The van der Waals surface area contributed by atoms with Crippen LogP contribution in [0.5, 0.6) is 0 Å². The van der Waals surface area contributed by atoms with Crippen LogP contribution in [-0.2, 0) is 0 Å². The number of hydrogen-bond donors (Lipinski definition) is 1. The smallest absolute Gasteiger partial charge is 0.211 e. The van der Waals surface area contributed by atoms with Crippen molar-refractivity contribution in [3.63, 3.8) is 0 Å². The van der Waals surface area contributed by atoms with Gasteiger partial charge in [-0.1, -0.05) is 0 Å². The van der Waals surface area contributed by atoms with Gasteiger partial charge in [0.1, 0.15) is 0 Å². The maximum absolute atomic E-state index is 11.8. The maximum atomic E-state index is 11.8. The van der Waals surface area contributed by atoms with Gasteiger partial charge in [0.2, 0.25) is 11.2 Å². The van der Waals surface area contributed by atoms with E-state index >= 15 is 0 Å². The quantitative estimate of drug-likeness (QED) is 0.638. The molecule has 0 saturated carbocycles. The molecular weight excluding hydrogens is 244 g/mol. The van der Waals surface area contributed by atoms with Crippen molar-refractivity contribution in [1.29, 1.82) is 0 Å². The third-order valence-electron chi connectivity index (χ3n) is 2.37. The van der Waals surface area contributed by atoms with E-state index in [2.05, 4.69) is 15.4 Å². The van der Waals surface area contributed by atoms with Gasteiger partial charge in [0, 0.05) is 44.0 Å². The van der Waals surface area contributed by atoms with Gasteiger partial charge in [0.25, 0.3) is 0 Å². The molecule has 2 heterocycles. The average molecular weight is 256 g/mol. The molecule has 0 fully saturated rings. The highest BCUT2D eigenvalue weighted by molar-refractivity contribution is 6.02. The lowest BCUT2D eigenvalue weighted by Crippen LogP contribution is -2.19. The molecule has 0 aliphatic heterocycles. The maximum Gasteiger partial charge on any atom is 0.211 e. The van der Waals surface area contributed by atoms with Crippen LogP contribution < -0.4 is 10.7 Å². The molecule has 0 bridgehead atoms. The van der Waals surface area contributed by atoms with Gasteiger partial charge in [0.05, 0.1) is 5.69 Å². The zero-order valence-electron chi connectivity index (χ0n) is 10.3. The SMILES string of the molecule is CN/C=C/C(=O)c1nn(-c2ccncc2)ccc1=O. The Morgan fingerprint density at radius 1 is 1.32 bits per heavy atom. The summed E-state index contributed by atoms with van der Waals surface area (Å²) in [6.07, 6.45) is 7.44. The highest BCUT2D eigenvalue weighted by atomic mass is 16.1. The number of pyridine rings is 1. The molecule has 96 valence electrons. The third kappa shape index (κ3) is 2.92. The molecule has 0 radical (unpaired) electrons. The molecule has 6 nitrogen and oxygen atoms in total. The fourth-order valence-electron chi connectivity index (χ4n) is 1.46. The first-order valence-corrected chi connectivity index (χ1v) is 5.61. The highest BCUT2D eigenvalue weighted by Gasteiger charge is 2.10. The second-order valence-electron chi connectivity index (χ2n) is 3.66. The number of carbonyl (C=O) groups is 1. The number of carbonyl (C=O) groups excluding carboxylic acids is 1. The van der Waals surface area contributed by atoms with Gasteiger partial charge >= 0.3 is 0 Å². The average Bonchev–Trinajstić information content (AvgIpc) is 2.46. The van der Waals surface area contributed by atoms with Crippen LogP contribution in [0.3, 0.4) is 0 Å². The Kier molecular flexibility index (Phi) is 3.82. The van der Waals surface area contributed by atoms with Crippen molar-refractivity contribution in [2.45, 2.75) is 0 Å². The van der Waals surface area contributed by atoms with Gasteiger partial charge in [-0.2, -0.15) is 5.10 Å². The summed E-state index contributed by atoms with van der Waals surface area (Å²) in [5, 5.41) is 6.73. The van der Waals surface area contributed by atoms with Crippen LogP contribution in [0.15, 0.2) is 53.9 Å². The van der Waals surface area contributed by atoms with Crippen LogP contribution in [0.25, 0.3) is 5.69 Å². The number of ketones is 1. The van der Waals surface area contributed by atoms with Crippen LogP contribution in [0.4, 0.5) is 0 Å². The molecule has 2 rings (SSSR count). The van der Waals surface area contributed by atoms with Crippen molar-refractivity contribution in [2.24, 2.45) is 0 Å². The molecule has 0 amide bonds. The fraction of sp³-hybridized carbons (Fsp3) is 0.0769. The molecule has 0 aromatic carbocycles. The number of rotatable bonds is 4. The summed E-state index contributed by atoms with van der Waals surface area (Å²) in [6, 6.07) is 4.78. The Bertz CT molecular complexity index is 662. The number of nitrogens with zero attached hydrogens (tertiary/aromatic N) is 3. The van der Waals surface area contributed by atoms with Crippen molar-refractivity contribution in [2.75, 3.05) is 7.05 Å². The van der Waals surface area contributed by atoms with E-state index < -0.39 is 11.2 Å². The molecule has 0 aliphatic carbocycles. The van der Waals surface area contributed by atoms with Gasteiger partial charge in [-0.15, -0.1) is 0 Å². The minimum atomic E-state index is -0.442. The summed E-state index contributed by atoms with van der Waals surface area (Å²) >= 11 is 0. The topological polar surface area (TPSA) is 76.9 Å². The zero-order chi connectivity index (χ0) is 13.7. The first kappa shape index (κ1) is 12.7. The second-order valence-corrected chi connectivity index (χ2v) is 3.66. The number of hydrogen-bond acceptors (Lipinski definition) is 5. The molecule has 2 aromatic heterocycles. The first-order chi connectivity index (χ1) is 9.22. The molecule has 6 heteroatoms. The summed E-state index contributed by atoms with van der Waals surface area (Å²) in [6.45, 7) is 0. The second kappa shape index (κ2) is 5.72. The van der Waals surface area contributed by atoms with Crippen molar-refractivity contribution in [3.8, 4) is 5.69 Å². The van der Waals surface area contributed by atoms with E-state index in [0.29, 0.717) is 0 Å². The molecule has 0 atom stereocenters. The normalized spacial score (nSPS) is 10.6. The van der Waals surface area contributed by atoms with Gasteiger partial charge in [-0.3, -0.25) is 14.6 Å². The van der Waals surface area contributed by atoms with Crippen molar-refractivity contribution in [1.82, 2.24) is 20.1 Å². The summed E-state index contributed by atoms with van der Waals surface area (Å²) < 4.78 is 1.46. The predicted octanol–water partition coefficient (Wildman–Crippen LogP) is 0.543. The molecule has 0 aliphatic rings. The van der Waals surface area contributed by atoms with E-state index in [-0.39, 0.29) is 5.69 Å². The van der Waals surface area contributed by atoms with Crippen LogP contribution in [0, 0.1) is 0 Å². The molecule has 0 saturated heterocycles. The molecule has 0 spiro atoms. The van der Waals surface area contributed by atoms with Gasteiger partial charge in [0.15, 0.2) is 5.69 Å². The minimum absolute atomic E-state index is 0.120. The Labute approximate surface area is 109 Å². The summed E-state index contributed by atoms with van der Waals surface area (Å²) in [5.74, 6) is -0.442. The zero-order valence-corrected chi connectivity index (χ0v) is 10.3. The van der Waals surface area contributed by atoms with E-state index in [0.717, 1.165) is 5.69 Å². The Morgan fingerprint density at radius 3 is 2.74 bits per heavy atom. The summed E-state index contributed by atoms with van der Waals surface area (Å²) in [5.41, 5.74) is 0.198. The minimum Gasteiger partial charge on any atom is -0.394 e. The van der Waals surface area contributed by atoms with Gasteiger partial charge in [-0.25, -0.2) is 4.68 Å². The Balaban J connectivity index is 2.44. The Morgan fingerprint density at radius 2 is 2.05 bits per heavy atom. The van der Waals surface area contributed by atoms with Crippen LogP contribution in [0.1, 0.15) is 10.5 Å². The lowest BCUT2D eigenvalue weighted by molar-refractivity contribution is 0.103. The number of allylic oxidation sites excluding steroid dienone is 1. The fourth-order valence-corrected chi connectivity index (χ4v) is 1.46. The lowest BCUT2D eigenvalue weighted by atomic mass is 10.2. The van der Waals surface area contributed by atoms with Crippen LogP contribution in [-0.4, -0.2) is 27.6 Å². The van der Waals surface area contributed by atoms with Gasteiger partial charge < -0.3 is 5.32 Å². The molecule has 1 N–H and O–H groups in total. The van der Waals surface area contributed by atoms with E-state index in [4.69, 9.17) is 0 Å². The highest BCUT2D eigenvalue weighted by Crippen LogP contribution is 2.02. The van der Waals surface area contributed by atoms with Gasteiger partial charge in [-0.05, 0) is 12.1 Å². The molecule has 19 heavy (non-hydrogen) atoms. The lowest BCUT2D eigenvalue weighted by Gasteiger charge is -2.05. The largest absolute Gasteiger partial charge is 0.394 e. The third-order valence-corrected chi connectivity index (χ3v) is 2.37. The number of aromatic nitrogens is 3. The van der Waals surface area contributed by atoms with Crippen molar-refractivity contribution in [3.05, 3.63) is 65.0 Å². The standard InChI is InChI=1S/C13H12N4O2/c1-14-6-4-11(18)13-12(19)5-9-17(16-13)10-2-7-15-8-3-10/h2-9,14H,1H3/b6-4+. The van der Waals surface area contributed by atoms with Crippen LogP contribution >= 0.6 is 0 Å². The monoisotopic (exact) mass is 256 g/mol. The van der Waals surface area contributed by atoms with E-state index in [9.17, 15) is 9.59 Å².